The normalized spacial score (nSPS) is 26.1. The van der Waals surface area contributed by atoms with Crippen LogP contribution in [0, 0.1) is 29.4 Å². The average Bonchev–Trinajstić information content (AvgIpc) is 2.80. The number of ether oxygens (including phenoxy) is 1. The topological polar surface area (TPSA) is 46.5 Å². The van der Waals surface area contributed by atoms with Gasteiger partial charge in [0.1, 0.15) is 0 Å². The van der Waals surface area contributed by atoms with Crippen LogP contribution in [0.15, 0.2) is 12.1 Å². The number of benzene rings is 1. The lowest BCUT2D eigenvalue weighted by Gasteiger charge is -2.38. The van der Waals surface area contributed by atoms with E-state index in [0.717, 1.165) is 43.4 Å². The van der Waals surface area contributed by atoms with Gasteiger partial charge < -0.3 is 9.84 Å². The molecule has 1 aromatic carbocycles. The maximum atomic E-state index is 14.8. The number of unbranched alkanes of at least 4 members (excludes halogenated alkanes) is 2. The van der Waals surface area contributed by atoms with Crippen LogP contribution >= 0.6 is 0 Å². The van der Waals surface area contributed by atoms with Crippen LogP contribution in [-0.2, 0) is 4.79 Å². The van der Waals surface area contributed by atoms with E-state index in [9.17, 15) is 13.6 Å². The Morgan fingerprint density at radius 3 is 2.22 bits per heavy atom. The van der Waals surface area contributed by atoms with E-state index in [1.54, 1.807) is 6.07 Å². The molecule has 1 N–H and O–H groups in total. The summed E-state index contributed by atoms with van der Waals surface area (Å²) >= 11 is 0. The SMILES string of the molecule is CCCCCC1CCC(C2CCC(c3ccc(OCCCC(=O)O)c(F)c3F)CC2)CC1. The van der Waals surface area contributed by atoms with E-state index in [1.165, 1.54) is 57.4 Å². The number of aliphatic carboxylic acids is 1. The fourth-order valence-electron chi connectivity index (χ4n) is 5.91. The summed E-state index contributed by atoms with van der Waals surface area (Å²) in [7, 11) is 0. The van der Waals surface area contributed by atoms with Gasteiger partial charge in [0.05, 0.1) is 6.61 Å². The second kappa shape index (κ2) is 12.6. The zero-order chi connectivity index (χ0) is 22.9. The minimum Gasteiger partial charge on any atom is -0.490 e. The molecule has 0 heterocycles. The second-order valence-electron chi connectivity index (χ2n) is 10.0. The van der Waals surface area contributed by atoms with Gasteiger partial charge in [-0.2, -0.15) is 4.39 Å². The third-order valence-corrected chi connectivity index (χ3v) is 7.85. The minimum absolute atomic E-state index is 0.0497. The lowest BCUT2D eigenvalue weighted by Crippen LogP contribution is -2.25. The first-order chi connectivity index (χ1) is 15.5. The maximum absolute atomic E-state index is 14.8. The van der Waals surface area contributed by atoms with Crippen molar-refractivity contribution in [3.05, 3.63) is 29.3 Å². The standard InChI is InChI=1S/C27H40F2O3/c1-2-3-4-6-19-8-10-20(11-9-19)21-12-14-22(15-13-21)23-16-17-24(27(29)26(23)28)32-18-5-7-25(30)31/h16-17,19-22H,2-15,18H2,1H3,(H,30,31). The van der Waals surface area contributed by atoms with Crippen molar-refractivity contribution < 1.29 is 23.4 Å². The molecule has 0 saturated heterocycles. The Labute approximate surface area is 191 Å². The number of hydrogen-bond acceptors (Lipinski definition) is 2. The smallest absolute Gasteiger partial charge is 0.303 e. The first kappa shape index (κ1) is 25.0. The van der Waals surface area contributed by atoms with Crippen LogP contribution < -0.4 is 4.74 Å². The predicted molar refractivity (Wildman–Crippen MR) is 123 cm³/mol. The highest BCUT2D eigenvalue weighted by Gasteiger charge is 2.32. The highest BCUT2D eigenvalue weighted by Crippen LogP contribution is 2.45. The Balaban J connectivity index is 1.46. The van der Waals surface area contributed by atoms with Gasteiger partial charge in [-0.3, -0.25) is 4.79 Å². The molecule has 0 radical (unpaired) electrons. The Kier molecular flexibility index (Phi) is 9.80. The molecule has 3 rings (SSSR count). The average molecular weight is 451 g/mol. The van der Waals surface area contributed by atoms with Crippen LogP contribution in [-0.4, -0.2) is 17.7 Å². The van der Waals surface area contributed by atoms with Gasteiger partial charge in [-0.05, 0) is 80.2 Å². The van der Waals surface area contributed by atoms with Gasteiger partial charge in [0.2, 0.25) is 5.82 Å². The van der Waals surface area contributed by atoms with Gasteiger partial charge in [0.15, 0.2) is 11.6 Å². The van der Waals surface area contributed by atoms with E-state index in [2.05, 4.69) is 6.92 Å². The van der Waals surface area contributed by atoms with Crippen molar-refractivity contribution in [2.75, 3.05) is 6.61 Å². The molecule has 0 unspecified atom stereocenters. The van der Waals surface area contributed by atoms with Crippen LogP contribution in [0.1, 0.15) is 108 Å². The van der Waals surface area contributed by atoms with Gasteiger partial charge in [-0.1, -0.05) is 51.5 Å². The van der Waals surface area contributed by atoms with Crippen LogP contribution in [0.2, 0.25) is 0 Å². The molecule has 0 bridgehead atoms. The molecule has 1 aromatic rings. The monoisotopic (exact) mass is 450 g/mol. The van der Waals surface area contributed by atoms with Crippen LogP contribution in [0.3, 0.4) is 0 Å². The van der Waals surface area contributed by atoms with Gasteiger partial charge in [-0.25, -0.2) is 4.39 Å². The summed E-state index contributed by atoms with van der Waals surface area (Å²) in [5.41, 5.74) is 0.471. The van der Waals surface area contributed by atoms with E-state index in [-0.39, 0.29) is 31.1 Å². The number of rotatable bonds is 11. The summed E-state index contributed by atoms with van der Waals surface area (Å²) in [6.45, 7) is 2.33. The molecule has 2 aliphatic rings. The van der Waals surface area contributed by atoms with E-state index >= 15 is 0 Å². The number of carboxylic acid groups (broad SMARTS) is 1. The summed E-state index contributed by atoms with van der Waals surface area (Å²) < 4.78 is 34.5. The molecule has 2 saturated carbocycles. The first-order valence-corrected chi connectivity index (χ1v) is 12.8. The summed E-state index contributed by atoms with van der Waals surface area (Å²) in [6.07, 6.45) is 15.2. The molecule has 0 atom stereocenters. The third kappa shape index (κ3) is 6.92. The Hall–Kier alpha value is -1.65. The van der Waals surface area contributed by atoms with Crippen molar-refractivity contribution >= 4 is 5.97 Å². The quantitative estimate of drug-likeness (QED) is 0.349. The number of halogens is 2. The van der Waals surface area contributed by atoms with Crippen molar-refractivity contribution in [1.29, 1.82) is 0 Å². The van der Waals surface area contributed by atoms with Crippen molar-refractivity contribution in [3.8, 4) is 5.75 Å². The van der Waals surface area contributed by atoms with E-state index in [4.69, 9.17) is 9.84 Å². The second-order valence-corrected chi connectivity index (χ2v) is 10.0. The van der Waals surface area contributed by atoms with Crippen molar-refractivity contribution in [2.24, 2.45) is 17.8 Å². The van der Waals surface area contributed by atoms with Crippen molar-refractivity contribution in [3.63, 3.8) is 0 Å². The number of carboxylic acids is 1. The van der Waals surface area contributed by atoms with E-state index in [0.29, 0.717) is 5.56 Å². The van der Waals surface area contributed by atoms with Crippen LogP contribution in [0.25, 0.3) is 0 Å². The third-order valence-electron chi connectivity index (χ3n) is 7.85. The molecular weight excluding hydrogens is 410 g/mol. The lowest BCUT2D eigenvalue weighted by atomic mass is 9.68. The summed E-state index contributed by atoms with van der Waals surface area (Å²) in [5, 5.41) is 8.65. The molecule has 0 spiro atoms. The molecule has 0 aromatic heterocycles. The van der Waals surface area contributed by atoms with Crippen molar-refractivity contribution in [2.45, 2.75) is 103 Å². The number of carbonyl (C=O) groups is 1. The Morgan fingerprint density at radius 2 is 1.59 bits per heavy atom. The fraction of sp³-hybridized carbons (Fsp3) is 0.741. The molecule has 32 heavy (non-hydrogen) atoms. The fourth-order valence-corrected chi connectivity index (χ4v) is 5.91. The summed E-state index contributed by atoms with van der Waals surface area (Å²) in [5.74, 6) is -0.220. The van der Waals surface area contributed by atoms with Gasteiger partial charge in [-0.15, -0.1) is 0 Å². The minimum atomic E-state index is -0.943. The molecular formula is C27H40F2O3. The highest BCUT2D eigenvalue weighted by atomic mass is 19.2. The van der Waals surface area contributed by atoms with Crippen LogP contribution in [0.5, 0.6) is 5.75 Å². The summed E-state index contributed by atoms with van der Waals surface area (Å²) in [4.78, 5) is 10.5. The maximum Gasteiger partial charge on any atom is 0.303 e. The molecule has 5 heteroatoms. The first-order valence-electron chi connectivity index (χ1n) is 12.8. The van der Waals surface area contributed by atoms with Crippen molar-refractivity contribution in [1.82, 2.24) is 0 Å². The molecule has 0 aliphatic heterocycles. The zero-order valence-electron chi connectivity index (χ0n) is 19.6. The molecule has 2 fully saturated rings. The van der Waals surface area contributed by atoms with Gasteiger partial charge in [0.25, 0.3) is 0 Å². The summed E-state index contributed by atoms with van der Waals surface area (Å²) in [6, 6.07) is 3.16. The molecule has 180 valence electrons. The van der Waals surface area contributed by atoms with E-state index < -0.39 is 17.6 Å². The van der Waals surface area contributed by atoms with Crippen LogP contribution in [0.4, 0.5) is 8.78 Å². The number of hydrogen-bond donors (Lipinski definition) is 1. The Bertz CT molecular complexity index is 720. The molecule has 0 amide bonds. The zero-order valence-corrected chi connectivity index (χ0v) is 19.6. The predicted octanol–water partition coefficient (Wildman–Crippen LogP) is 7.87. The lowest BCUT2D eigenvalue weighted by molar-refractivity contribution is -0.137. The Morgan fingerprint density at radius 1 is 0.938 bits per heavy atom. The largest absolute Gasteiger partial charge is 0.490 e. The van der Waals surface area contributed by atoms with E-state index in [1.807, 2.05) is 0 Å². The highest BCUT2D eigenvalue weighted by molar-refractivity contribution is 5.66. The van der Waals surface area contributed by atoms with Gasteiger partial charge in [0, 0.05) is 6.42 Å². The molecule has 3 nitrogen and oxygen atoms in total. The molecule has 2 aliphatic carbocycles. The van der Waals surface area contributed by atoms with Gasteiger partial charge >= 0.3 is 5.97 Å².